The van der Waals surface area contributed by atoms with Gasteiger partial charge in [-0.25, -0.2) is 4.79 Å². The number of nitrogens with one attached hydrogen (secondary N) is 5. The minimum Gasteiger partial charge on any atom is -0.444 e. The molecule has 0 aromatic carbocycles. The van der Waals surface area contributed by atoms with Crippen molar-refractivity contribution < 1.29 is 33.8 Å². The Labute approximate surface area is 299 Å². The molecule has 14 nitrogen and oxygen atoms in total. The number of alkyl carbamates (subject to hydrolysis) is 1. The van der Waals surface area contributed by atoms with Crippen LogP contribution in [0.15, 0.2) is 6.07 Å². The highest BCUT2D eigenvalue weighted by Gasteiger charge is 2.32. The molecule has 0 spiro atoms. The van der Waals surface area contributed by atoms with Crippen molar-refractivity contribution in [3.63, 3.8) is 0 Å². The summed E-state index contributed by atoms with van der Waals surface area (Å²) in [5.41, 5.74) is 0.940. The number of aryl methyl sites for hydroxylation is 2. The summed E-state index contributed by atoms with van der Waals surface area (Å²) < 4.78 is 7.05. The Balaban J connectivity index is 3.12. The molecule has 0 radical (unpaired) electrons. The van der Waals surface area contributed by atoms with E-state index >= 15 is 0 Å². The van der Waals surface area contributed by atoms with Crippen LogP contribution in [0.2, 0.25) is 0 Å². The zero-order valence-corrected chi connectivity index (χ0v) is 32.6. The summed E-state index contributed by atoms with van der Waals surface area (Å²) in [7, 11) is 0. The highest BCUT2D eigenvalue weighted by Crippen LogP contribution is 2.17. The average Bonchev–Trinajstić information content (AvgIpc) is 3.29. The molecule has 1 aromatic rings. The molecule has 1 rings (SSSR count). The fourth-order valence-corrected chi connectivity index (χ4v) is 5.21. The Morgan fingerprint density at radius 3 is 1.88 bits per heavy atom. The summed E-state index contributed by atoms with van der Waals surface area (Å²) in [4.78, 5) is 65.6. The van der Waals surface area contributed by atoms with Gasteiger partial charge in [-0.15, -0.1) is 0 Å². The lowest BCUT2D eigenvalue weighted by Crippen LogP contribution is -2.57. The van der Waals surface area contributed by atoms with E-state index in [-0.39, 0.29) is 49.1 Å². The van der Waals surface area contributed by atoms with Crippen molar-refractivity contribution in [1.29, 1.82) is 0 Å². The van der Waals surface area contributed by atoms with Crippen molar-refractivity contribution in [2.75, 3.05) is 13.1 Å². The van der Waals surface area contributed by atoms with Gasteiger partial charge < -0.3 is 36.4 Å². The largest absolute Gasteiger partial charge is 0.444 e. The Bertz CT molecular complexity index is 1270. The molecule has 0 saturated carbocycles. The summed E-state index contributed by atoms with van der Waals surface area (Å²) in [6, 6.07) is -0.806. The third-order valence-electron chi connectivity index (χ3n) is 7.97. The Hall–Kier alpha value is -3.68. The van der Waals surface area contributed by atoms with Crippen molar-refractivity contribution in [2.45, 2.75) is 139 Å². The Morgan fingerprint density at radius 2 is 1.38 bits per heavy atom. The second kappa shape index (κ2) is 20.2. The smallest absolute Gasteiger partial charge is 0.407 e. The second-order valence-corrected chi connectivity index (χ2v) is 15.8. The summed E-state index contributed by atoms with van der Waals surface area (Å²) in [6.07, 6.45) is -1.50. The van der Waals surface area contributed by atoms with E-state index in [1.54, 1.807) is 39.3 Å². The van der Waals surface area contributed by atoms with E-state index in [0.717, 1.165) is 11.4 Å². The molecular formula is C36H65N7O7. The van der Waals surface area contributed by atoms with Crippen LogP contribution in [-0.4, -0.2) is 87.5 Å². The van der Waals surface area contributed by atoms with Gasteiger partial charge in [-0.05, 0) is 71.3 Å². The fraction of sp³-hybridized carbons (Fsp3) is 0.778. The van der Waals surface area contributed by atoms with Crippen LogP contribution in [0.4, 0.5) is 4.79 Å². The number of ether oxygens (including phenoxy) is 1. The number of hydrogen-bond acceptors (Lipinski definition) is 8. The molecule has 6 atom stereocenters. The number of aromatic nitrogens is 2. The molecule has 0 aliphatic carbocycles. The minimum absolute atomic E-state index is 0.00872. The topological polar surface area (TPSA) is 193 Å². The molecule has 286 valence electrons. The van der Waals surface area contributed by atoms with Gasteiger partial charge in [0.15, 0.2) is 0 Å². The molecule has 5 amide bonds. The number of rotatable bonds is 19. The Kier molecular flexibility index (Phi) is 17.9. The number of carbonyl (C=O) groups is 5. The zero-order valence-electron chi connectivity index (χ0n) is 32.6. The number of aliphatic hydroxyl groups is 1. The van der Waals surface area contributed by atoms with Crippen LogP contribution in [-0.2, 0) is 30.5 Å². The summed E-state index contributed by atoms with van der Waals surface area (Å²) >= 11 is 0. The van der Waals surface area contributed by atoms with E-state index in [1.165, 1.54) is 0 Å². The first kappa shape index (κ1) is 44.3. The number of nitrogens with zero attached hydrogens (tertiary/aromatic N) is 2. The predicted molar refractivity (Wildman–Crippen MR) is 193 cm³/mol. The average molecular weight is 708 g/mol. The summed E-state index contributed by atoms with van der Waals surface area (Å²) in [6.45, 7) is 24.3. The first-order valence-electron chi connectivity index (χ1n) is 17.8. The van der Waals surface area contributed by atoms with Crippen LogP contribution in [0, 0.1) is 43.4 Å². The molecule has 14 heteroatoms. The first-order chi connectivity index (χ1) is 23.0. The van der Waals surface area contributed by atoms with Crippen molar-refractivity contribution in [3.05, 3.63) is 17.5 Å². The fourth-order valence-electron chi connectivity index (χ4n) is 5.21. The van der Waals surface area contributed by atoms with Crippen LogP contribution >= 0.6 is 0 Å². The Morgan fingerprint density at radius 1 is 0.780 bits per heavy atom. The zero-order chi connectivity index (χ0) is 38.5. The quantitative estimate of drug-likeness (QED) is 0.126. The van der Waals surface area contributed by atoms with Gasteiger partial charge in [-0.1, -0.05) is 55.4 Å². The summed E-state index contributed by atoms with van der Waals surface area (Å²) in [5, 5.41) is 29.6. The predicted octanol–water partition coefficient (Wildman–Crippen LogP) is 2.98. The monoisotopic (exact) mass is 707 g/mol. The number of amides is 5. The van der Waals surface area contributed by atoms with E-state index in [2.05, 4.69) is 31.7 Å². The molecule has 50 heavy (non-hydrogen) atoms. The van der Waals surface area contributed by atoms with Crippen LogP contribution < -0.4 is 26.6 Å². The van der Waals surface area contributed by atoms with Crippen LogP contribution in [0.25, 0.3) is 0 Å². The number of hydrogen-bond donors (Lipinski definition) is 6. The van der Waals surface area contributed by atoms with Gasteiger partial charge in [-0.3, -0.25) is 23.9 Å². The van der Waals surface area contributed by atoms with Crippen molar-refractivity contribution in [2.24, 2.45) is 29.6 Å². The maximum atomic E-state index is 13.8. The lowest BCUT2D eigenvalue weighted by atomic mass is 9.91. The molecule has 0 aliphatic heterocycles. The third kappa shape index (κ3) is 16.4. The molecule has 0 fully saturated rings. The molecule has 0 aliphatic rings. The summed E-state index contributed by atoms with van der Waals surface area (Å²) in [5.74, 6) is -2.79. The minimum atomic E-state index is -1.20. The second-order valence-electron chi connectivity index (χ2n) is 15.8. The van der Waals surface area contributed by atoms with Crippen LogP contribution in [0.5, 0.6) is 0 Å². The van der Waals surface area contributed by atoms with Gasteiger partial charge in [0.2, 0.25) is 23.6 Å². The van der Waals surface area contributed by atoms with Gasteiger partial charge >= 0.3 is 6.09 Å². The van der Waals surface area contributed by atoms with Crippen molar-refractivity contribution in [1.82, 2.24) is 36.4 Å². The molecule has 6 unspecified atom stereocenters. The van der Waals surface area contributed by atoms with Crippen molar-refractivity contribution in [3.8, 4) is 0 Å². The lowest BCUT2D eigenvalue weighted by molar-refractivity contribution is -0.133. The highest BCUT2D eigenvalue weighted by atomic mass is 16.6. The van der Waals surface area contributed by atoms with Crippen molar-refractivity contribution >= 4 is 29.7 Å². The lowest BCUT2D eigenvalue weighted by Gasteiger charge is -2.30. The van der Waals surface area contributed by atoms with E-state index in [1.807, 2.05) is 61.5 Å². The van der Waals surface area contributed by atoms with E-state index in [9.17, 15) is 29.1 Å². The van der Waals surface area contributed by atoms with Crippen LogP contribution in [0.1, 0.15) is 100 Å². The van der Waals surface area contributed by atoms with E-state index in [0.29, 0.717) is 13.0 Å². The van der Waals surface area contributed by atoms with E-state index in [4.69, 9.17) is 4.74 Å². The SMILES string of the molecule is Cc1cc(C)n(CC(C)C(=O)NC(CNC(=O)OC(C)(C)C)C(=O)NC(CC(C)C)C(O)CC(C)C(=O)NC(C(=O)NCC(C)C)C(C)C)n1. The molecule has 0 saturated heterocycles. The van der Waals surface area contributed by atoms with E-state index < -0.39 is 59.6 Å². The molecule has 6 N–H and O–H groups in total. The molecule has 0 bridgehead atoms. The number of aliphatic hydroxyl groups excluding tert-OH is 1. The molecule has 1 aromatic heterocycles. The van der Waals surface area contributed by atoms with Gasteiger partial charge in [0.25, 0.3) is 0 Å². The normalized spacial score (nSPS) is 15.5. The first-order valence-corrected chi connectivity index (χ1v) is 17.8. The van der Waals surface area contributed by atoms with Gasteiger partial charge in [0.1, 0.15) is 17.7 Å². The number of carbonyl (C=O) groups excluding carboxylic acids is 5. The van der Waals surface area contributed by atoms with Gasteiger partial charge in [0, 0.05) is 18.2 Å². The maximum absolute atomic E-state index is 13.8. The van der Waals surface area contributed by atoms with Crippen LogP contribution in [0.3, 0.4) is 0 Å². The third-order valence-corrected chi connectivity index (χ3v) is 7.97. The maximum Gasteiger partial charge on any atom is 0.407 e. The molecular weight excluding hydrogens is 642 g/mol. The van der Waals surface area contributed by atoms with Gasteiger partial charge in [0.05, 0.1) is 36.8 Å². The standard InChI is InChI=1S/C36H65N7O7/c1-20(2)14-27(29(44)15-23(7)31(45)41-30(22(5)6)34(48)37-17-21(3)4)39-33(47)28(18-38-35(49)50-36(11,12)13)40-32(46)24(8)19-43-26(10)16-25(9)42-43/h16,20-24,27-30,44H,14-15,17-19H2,1-13H3,(H,37,48)(H,38,49)(H,39,47)(H,40,46)(H,41,45). The highest BCUT2D eigenvalue weighted by molar-refractivity contribution is 5.90. The molecule has 1 heterocycles. The van der Waals surface area contributed by atoms with Gasteiger partial charge in [-0.2, -0.15) is 5.10 Å².